The zero-order chi connectivity index (χ0) is 10.1. The molecule has 0 aromatic rings. The van der Waals surface area contributed by atoms with Crippen molar-refractivity contribution >= 4 is 34.2 Å². The van der Waals surface area contributed by atoms with Crippen LogP contribution >= 0.6 is 24.2 Å². The Kier molecular flexibility index (Phi) is 4.79. The van der Waals surface area contributed by atoms with E-state index >= 15 is 0 Å². The molecule has 0 bridgehead atoms. The molecule has 0 radical (unpaired) electrons. The van der Waals surface area contributed by atoms with Crippen LogP contribution in [0.25, 0.3) is 11.1 Å². The fraction of sp³-hybridized carbons (Fsp3) is 0. The minimum atomic E-state index is -3.42. The largest absolute Gasteiger partial charge is 0.274 e. The first-order chi connectivity index (χ1) is 6.15. The van der Waals surface area contributed by atoms with E-state index in [0.717, 1.165) is 11.1 Å². The smallest absolute Gasteiger partial charge is 0.254 e. The van der Waals surface area contributed by atoms with E-state index in [1.54, 1.807) is 16.4 Å². The van der Waals surface area contributed by atoms with Crippen molar-refractivity contribution < 1.29 is 8.42 Å². The van der Waals surface area contributed by atoms with Crippen LogP contribution in [0, 0.1) is 0 Å². The van der Waals surface area contributed by atoms with Crippen LogP contribution in [0.1, 0.15) is 0 Å². The van der Waals surface area contributed by atoms with E-state index in [1.165, 1.54) is 0 Å². The van der Waals surface area contributed by atoms with Gasteiger partial charge in [-0.15, -0.1) is 16.6 Å². The summed E-state index contributed by atoms with van der Waals surface area (Å²) in [5, 5.41) is 0. The molecule has 0 spiro atoms. The lowest BCUT2D eigenvalue weighted by Crippen LogP contribution is -2.17. The van der Waals surface area contributed by atoms with Crippen LogP contribution in [-0.4, -0.2) is 8.42 Å². The number of hydrogen-bond acceptors (Lipinski definition) is 4. The van der Waals surface area contributed by atoms with Crippen molar-refractivity contribution in [3.05, 3.63) is 18.2 Å². The summed E-state index contributed by atoms with van der Waals surface area (Å²) in [7, 11) is -3.42. The summed E-state index contributed by atoms with van der Waals surface area (Å²) < 4.78 is 23.7. The monoisotopic (exact) mass is 257 g/mol. The van der Waals surface area contributed by atoms with E-state index in [9.17, 15) is 8.42 Å². The predicted molar refractivity (Wildman–Crippen MR) is 57.2 cm³/mol. The van der Waals surface area contributed by atoms with E-state index in [4.69, 9.17) is 11.8 Å². The Hall–Kier alpha value is -0.370. The number of sulfonamides is 1. The number of fused-ring (bicyclic) bond motifs is 1. The SMILES string of the molecule is Cl.NN.O=S(=O)(NCl)c1cc2ccc1-2. The second-order valence-corrected chi connectivity index (χ2v) is 4.36. The van der Waals surface area contributed by atoms with Gasteiger partial charge in [-0.05, 0) is 23.4 Å². The van der Waals surface area contributed by atoms with Crippen LogP contribution in [0.3, 0.4) is 0 Å². The first-order valence-corrected chi connectivity index (χ1v) is 5.11. The Bertz CT molecular complexity index is 421. The second-order valence-electron chi connectivity index (χ2n) is 2.29. The summed E-state index contributed by atoms with van der Waals surface area (Å²) >= 11 is 5.01. The van der Waals surface area contributed by atoms with Gasteiger partial charge in [-0.2, -0.15) is 0 Å². The quantitative estimate of drug-likeness (QED) is 0.411. The van der Waals surface area contributed by atoms with Gasteiger partial charge >= 0.3 is 0 Å². The third-order valence-corrected chi connectivity index (χ3v) is 3.41. The second kappa shape index (κ2) is 4.92. The van der Waals surface area contributed by atoms with Gasteiger partial charge in [-0.1, -0.05) is 12.1 Å². The Balaban J connectivity index is 0.000000531. The number of hydrogen-bond donors (Lipinski definition) is 3. The first kappa shape index (κ1) is 13.6. The molecule has 14 heavy (non-hydrogen) atoms. The summed E-state index contributed by atoms with van der Waals surface area (Å²) in [6.07, 6.45) is 0. The Morgan fingerprint density at radius 3 is 2.07 bits per heavy atom. The number of benzene rings is 1. The van der Waals surface area contributed by atoms with Crippen molar-refractivity contribution in [1.82, 2.24) is 4.24 Å². The van der Waals surface area contributed by atoms with Gasteiger partial charge in [0.15, 0.2) is 0 Å². The van der Waals surface area contributed by atoms with Gasteiger partial charge < -0.3 is 0 Å². The van der Waals surface area contributed by atoms with E-state index in [1.807, 2.05) is 6.07 Å². The maximum Gasteiger partial charge on any atom is 0.254 e. The molecule has 0 fully saturated rings. The van der Waals surface area contributed by atoms with Gasteiger partial charge in [-0.3, -0.25) is 11.7 Å². The van der Waals surface area contributed by atoms with Gasteiger partial charge in [0.2, 0.25) is 0 Å². The molecule has 0 saturated carbocycles. The molecule has 5 nitrogen and oxygen atoms in total. The molecule has 0 aromatic heterocycles. The van der Waals surface area contributed by atoms with Crippen molar-refractivity contribution in [2.75, 3.05) is 0 Å². The third kappa shape index (κ3) is 2.00. The Morgan fingerprint density at radius 1 is 1.29 bits per heavy atom. The molecule has 0 aromatic carbocycles. The molecule has 8 heteroatoms. The average molecular weight is 258 g/mol. The predicted octanol–water partition coefficient (Wildman–Crippen LogP) is 0.340. The molecule has 0 atom stereocenters. The zero-order valence-electron chi connectivity index (χ0n) is 6.90. The maximum atomic E-state index is 11.0. The molecule has 5 N–H and O–H groups in total. The number of rotatable bonds is 2. The van der Waals surface area contributed by atoms with Crippen molar-refractivity contribution in [2.24, 2.45) is 11.7 Å². The molecule has 2 aliphatic rings. The summed E-state index contributed by atoms with van der Waals surface area (Å²) in [6.45, 7) is 0. The molecule has 0 saturated heterocycles. The van der Waals surface area contributed by atoms with E-state index in [0.29, 0.717) is 0 Å². The van der Waals surface area contributed by atoms with Crippen LogP contribution in [0.4, 0.5) is 0 Å². The standard InChI is InChI=1S/C6H4ClNO2S.ClH.H4N2/c7-8-11(9,10)6-3-4-1-2-5(4)6;;1-2/h1-3,8H;1H;1-2H2. The Labute approximate surface area is 93.0 Å². The molecular weight excluding hydrogens is 249 g/mol. The molecule has 80 valence electrons. The first-order valence-electron chi connectivity index (χ1n) is 3.25. The van der Waals surface area contributed by atoms with Crippen molar-refractivity contribution in [2.45, 2.75) is 4.90 Å². The van der Waals surface area contributed by atoms with Crippen LogP contribution in [0.15, 0.2) is 23.1 Å². The minimum Gasteiger partial charge on any atom is -0.274 e. The van der Waals surface area contributed by atoms with Gasteiger partial charge in [0.05, 0.1) is 4.90 Å². The summed E-state index contributed by atoms with van der Waals surface area (Å²) in [5.41, 5.74) is 1.76. The third-order valence-electron chi connectivity index (χ3n) is 1.68. The van der Waals surface area contributed by atoms with E-state index in [-0.39, 0.29) is 17.3 Å². The zero-order valence-corrected chi connectivity index (χ0v) is 9.29. The lowest BCUT2D eigenvalue weighted by molar-refractivity contribution is 0.593. The van der Waals surface area contributed by atoms with Crippen LogP contribution in [0.2, 0.25) is 0 Å². The van der Waals surface area contributed by atoms with E-state index in [2.05, 4.69) is 11.7 Å². The summed E-state index contributed by atoms with van der Waals surface area (Å²) in [5.74, 6) is 8.00. The summed E-state index contributed by atoms with van der Waals surface area (Å²) in [4.78, 5) is 0.282. The van der Waals surface area contributed by atoms with Crippen molar-refractivity contribution in [1.29, 1.82) is 0 Å². The van der Waals surface area contributed by atoms with Crippen LogP contribution in [0.5, 0.6) is 0 Å². The number of nitrogens with one attached hydrogen (secondary N) is 1. The van der Waals surface area contributed by atoms with Crippen molar-refractivity contribution in [3.63, 3.8) is 0 Å². The Morgan fingerprint density at radius 2 is 1.86 bits per heavy atom. The highest BCUT2D eigenvalue weighted by Gasteiger charge is 2.26. The average Bonchev–Trinajstić information content (AvgIpc) is 2.13. The topological polar surface area (TPSA) is 98.2 Å². The number of hydrazine groups is 1. The molecule has 0 amide bonds. The lowest BCUT2D eigenvalue weighted by Gasteiger charge is -2.19. The van der Waals surface area contributed by atoms with E-state index < -0.39 is 10.0 Å². The van der Waals surface area contributed by atoms with Crippen molar-refractivity contribution in [3.8, 4) is 11.1 Å². The molecule has 2 aliphatic carbocycles. The van der Waals surface area contributed by atoms with Gasteiger partial charge in [0, 0.05) is 5.56 Å². The van der Waals surface area contributed by atoms with Gasteiger partial charge in [0.1, 0.15) is 0 Å². The molecule has 0 heterocycles. The van der Waals surface area contributed by atoms with Gasteiger partial charge in [-0.25, -0.2) is 8.42 Å². The highest BCUT2D eigenvalue weighted by atomic mass is 35.5. The highest BCUT2D eigenvalue weighted by molar-refractivity contribution is 7.90. The maximum absolute atomic E-state index is 11.0. The summed E-state index contributed by atoms with van der Waals surface area (Å²) in [6, 6.07) is 5.18. The fourth-order valence-electron chi connectivity index (χ4n) is 1.02. The van der Waals surface area contributed by atoms with Crippen LogP contribution in [-0.2, 0) is 10.0 Å². The van der Waals surface area contributed by atoms with Crippen LogP contribution < -0.4 is 15.9 Å². The molecule has 0 aliphatic heterocycles. The highest BCUT2D eigenvalue weighted by Crippen LogP contribution is 2.39. The molecular formula is C6H9Cl2N3O2S. The molecule has 0 unspecified atom stereocenters. The van der Waals surface area contributed by atoms with Gasteiger partial charge in [0.25, 0.3) is 10.0 Å². The fourth-order valence-corrected chi connectivity index (χ4v) is 2.11. The lowest BCUT2D eigenvalue weighted by atomic mass is 9.94. The minimum absolute atomic E-state index is 0. The number of halogens is 2. The molecule has 2 rings (SSSR count). The normalized spacial score (nSPS) is 10.8. The number of nitrogens with two attached hydrogens (primary N) is 2.